The zero-order valence-electron chi connectivity index (χ0n) is 13.8. The second-order valence-electron chi connectivity index (χ2n) is 6.22. The third-order valence-corrected chi connectivity index (χ3v) is 4.80. The highest BCUT2D eigenvalue weighted by Crippen LogP contribution is 2.17. The minimum atomic E-state index is -0.483. The highest BCUT2D eigenvalue weighted by Gasteiger charge is 2.31. The van der Waals surface area contributed by atoms with Crippen LogP contribution in [-0.4, -0.2) is 60.6 Å². The van der Waals surface area contributed by atoms with Crippen molar-refractivity contribution in [2.24, 2.45) is 0 Å². The number of ether oxygens (including phenoxy) is 1. The predicted molar refractivity (Wildman–Crippen MR) is 90.8 cm³/mol. The maximum Gasteiger partial charge on any atom is 0.317 e. The summed E-state index contributed by atoms with van der Waals surface area (Å²) < 4.78 is 18.6. The van der Waals surface area contributed by atoms with Crippen LogP contribution in [0.3, 0.4) is 0 Å². The third-order valence-electron chi connectivity index (χ3n) is 4.51. The Bertz CT molecular complexity index is 644. The van der Waals surface area contributed by atoms with Gasteiger partial charge in [0.15, 0.2) is 0 Å². The minimum absolute atomic E-state index is 0.0264. The Kier molecular flexibility index (Phi) is 5.75. The first kappa shape index (κ1) is 17.9. The Morgan fingerprint density at radius 3 is 2.60 bits per heavy atom. The van der Waals surface area contributed by atoms with E-state index in [0.717, 1.165) is 18.4 Å². The monoisotopic (exact) mass is 369 g/mol. The van der Waals surface area contributed by atoms with Gasteiger partial charge in [0.25, 0.3) is 5.91 Å². The summed E-state index contributed by atoms with van der Waals surface area (Å²) in [4.78, 5) is 28.0. The van der Waals surface area contributed by atoms with Gasteiger partial charge in [-0.25, -0.2) is 9.18 Å². The van der Waals surface area contributed by atoms with Crippen molar-refractivity contribution >= 4 is 23.5 Å². The highest BCUT2D eigenvalue weighted by atomic mass is 35.5. The molecule has 0 bridgehead atoms. The fourth-order valence-corrected chi connectivity index (χ4v) is 3.25. The van der Waals surface area contributed by atoms with Crippen LogP contribution in [0, 0.1) is 5.82 Å². The van der Waals surface area contributed by atoms with Gasteiger partial charge in [-0.2, -0.15) is 0 Å². The molecule has 0 saturated carbocycles. The number of carbonyl (C=O) groups is 2. The first-order chi connectivity index (χ1) is 12.0. The van der Waals surface area contributed by atoms with Crippen molar-refractivity contribution in [1.82, 2.24) is 15.1 Å². The molecule has 1 aromatic carbocycles. The predicted octanol–water partition coefficient (Wildman–Crippen LogP) is 2.01. The SMILES string of the molecule is O=C(NCc1ccc(F)c(Cl)c1)N1CCN(C(=O)C2CCCO2)CC1. The molecule has 1 atom stereocenters. The summed E-state index contributed by atoms with van der Waals surface area (Å²) in [6.45, 7) is 2.89. The summed E-state index contributed by atoms with van der Waals surface area (Å²) in [6.07, 6.45) is 1.38. The van der Waals surface area contributed by atoms with Crippen molar-refractivity contribution in [3.05, 3.63) is 34.6 Å². The van der Waals surface area contributed by atoms with E-state index in [1.807, 2.05) is 0 Å². The smallest absolute Gasteiger partial charge is 0.317 e. The average Bonchev–Trinajstić information content (AvgIpc) is 3.16. The Morgan fingerprint density at radius 1 is 1.24 bits per heavy atom. The van der Waals surface area contributed by atoms with Crippen LogP contribution in [0.1, 0.15) is 18.4 Å². The molecule has 136 valence electrons. The van der Waals surface area contributed by atoms with Gasteiger partial charge in [-0.3, -0.25) is 4.79 Å². The van der Waals surface area contributed by atoms with Crippen molar-refractivity contribution in [3.63, 3.8) is 0 Å². The lowest BCUT2D eigenvalue weighted by Gasteiger charge is -2.35. The van der Waals surface area contributed by atoms with Crippen LogP contribution in [0.4, 0.5) is 9.18 Å². The van der Waals surface area contributed by atoms with Crippen molar-refractivity contribution < 1.29 is 18.7 Å². The summed E-state index contributed by atoms with van der Waals surface area (Å²) in [5.74, 6) is -0.456. The lowest BCUT2D eigenvalue weighted by Crippen LogP contribution is -2.54. The van der Waals surface area contributed by atoms with Crippen molar-refractivity contribution in [2.75, 3.05) is 32.8 Å². The van der Waals surface area contributed by atoms with Crippen LogP contribution in [0.25, 0.3) is 0 Å². The molecular formula is C17H21ClFN3O3. The van der Waals surface area contributed by atoms with Crippen LogP contribution in [0.15, 0.2) is 18.2 Å². The summed E-state index contributed by atoms with van der Waals surface area (Å²) in [7, 11) is 0. The van der Waals surface area contributed by atoms with Crippen LogP contribution in [-0.2, 0) is 16.1 Å². The largest absolute Gasteiger partial charge is 0.368 e. The van der Waals surface area contributed by atoms with Gasteiger partial charge >= 0.3 is 6.03 Å². The highest BCUT2D eigenvalue weighted by molar-refractivity contribution is 6.30. The zero-order valence-corrected chi connectivity index (χ0v) is 14.6. The quantitative estimate of drug-likeness (QED) is 0.886. The van der Waals surface area contributed by atoms with Gasteiger partial charge in [-0.05, 0) is 30.5 Å². The molecule has 2 heterocycles. The number of hydrogen-bond acceptors (Lipinski definition) is 3. The number of carbonyl (C=O) groups excluding carboxylic acids is 2. The van der Waals surface area contributed by atoms with E-state index in [0.29, 0.717) is 32.8 Å². The first-order valence-corrected chi connectivity index (χ1v) is 8.79. The van der Waals surface area contributed by atoms with Gasteiger partial charge in [0.05, 0.1) is 5.02 Å². The number of nitrogens with zero attached hydrogens (tertiary/aromatic N) is 2. The molecule has 3 rings (SSSR count). The Balaban J connectivity index is 1.44. The molecule has 0 aromatic heterocycles. The molecule has 2 fully saturated rings. The standard InChI is InChI=1S/C17H21ClFN3O3/c18-13-10-12(3-4-14(13)19)11-20-17(24)22-7-5-21(6-8-22)16(23)15-2-1-9-25-15/h3-4,10,15H,1-2,5-9,11H2,(H,20,24). The molecule has 8 heteroatoms. The summed E-state index contributed by atoms with van der Waals surface area (Å²) in [5, 5.41) is 2.83. The molecule has 2 aliphatic heterocycles. The number of rotatable bonds is 3. The van der Waals surface area contributed by atoms with E-state index < -0.39 is 5.82 Å². The van der Waals surface area contributed by atoms with E-state index >= 15 is 0 Å². The second kappa shape index (κ2) is 8.01. The van der Waals surface area contributed by atoms with Crippen molar-refractivity contribution in [1.29, 1.82) is 0 Å². The first-order valence-electron chi connectivity index (χ1n) is 8.41. The van der Waals surface area contributed by atoms with Crippen LogP contribution in [0.5, 0.6) is 0 Å². The third kappa shape index (κ3) is 4.41. The van der Waals surface area contributed by atoms with Crippen molar-refractivity contribution in [3.8, 4) is 0 Å². The normalized spacial score (nSPS) is 20.6. The molecule has 1 unspecified atom stereocenters. The molecule has 3 amide bonds. The molecule has 1 N–H and O–H groups in total. The Hall–Kier alpha value is -1.86. The number of amides is 3. The Morgan fingerprint density at radius 2 is 1.96 bits per heavy atom. The molecule has 2 aliphatic rings. The Labute approximate surface area is 150 Å². The average molecular weight is 370 g/mol. The molecule has 0 aliphatic carbocycles. The van der Waals surface area contributed by atoms with Gasteiger partial charge in [-0.15, -0.1) is 0 Å². The van der Waals surface area contributed by atoms with Gasteiger partial charge in [0.2, 0.25) is 0 Å². The molecule has 0 radical (unpaired) electrons. The van der Waals surface area contributed by atoms with E-state index in [1.165, 1.54) is 12.1 Å². The van der Waals surface area contributed by atoms with E-state index in [-0.39, 0.29) is 29.6 Å². The second-order valence-corrected chi connectivity index (χ2v) is 6.63. The molecular weight excluding hydrogens is 349 g/mol. The minimum Gasteiger partial charge on any atom is -0.368 e. The van der Waals surface area contributed by atoms with E-state index in [1.54, 1.807) is 15.9 Å². The summed E-state index contributed by atoms with van der Waals surface area (Å²) in [5.41, 5.74) is 0.729. The molecule has 0 spiro atoms. The number of nitrogens with one attached hydrogen (secondary N) is 1. The van der Waals surface area contributed by atoms with E-state index in [9.17, 15) is 14.0 Å². The fraction of sp³-hybridized carbons (Fsp3) is 0.529. The van der Waals surface area contributed by atoms with Gasteiger partial charge < -0.3 is 19.9 Å². The molecule has 2 saturated heterocycles. The van der Waals surface area contributed by atoms with Gasteiger partial charge in [0, 0.05) is 39.3 Å². The number of piperazine rings is 1. The fourth-order valence-electron chi connectivity index (χ4n) is 3.05. The topological polar surface area (TPSA) is 61.9 Å². The van der Waals surface area contributed by atoms with Gasteiger partial charge in [-0.1, -0.05) is 17.7 Å². The lowest BCUT2D eigenvalue weighted by molar-refractivity contribution is -0.142. The van der Waals surface area contributed by atoms with Crippen LogP contribution in [0.2, 0.25) is 5.02 Å². The summed E-state index contributed by atoms with van der Waals surface area (Å²) >= 11 is 5.73. The number of urea groups is 1. The summed E-state index contributed by atoms with van der Waals surface area (Å²) in [6, 6.07) is 4.15. The zero-order chi connectivity index (χ0) is 17.8. The number of benzene rings is 1. The number of hydrogen-bond donors (Lipinski definition) is 1. The number of halogens is 2. The van der Waals surface area contributed by atoms with E-state index in [4.69, 9.17) is 16.3 Å². The van der Waals surface area contributed by atoms with Crippen LogP contribution >= 0.6 is 11.6 Å². The maximum absolute atomic E-state index is 13.1. The molecule has 6 nitrogen and oxygen atoms in total. The van der Waals surface area contributed by atoms with Gasteiger partial charge in [0.1, 0.15) is 11.9 Å². The maximum atomic E-state index is 13.1. The van der Waals surface area contributed by atoms with Crippen molar-refractivity contribution in [2.45, 2.75) is 25.5 Å². The molecule has 1 aromatic rings. The van der Waals surface area contributed by atoms with Crippen LogP contribution < -0.4 is 5.32 Å². The van der Waals surface area contributed by atoms with E-state index in [2.05, 4.69) is 5.32 Å². The molecule has 25 heavy (non-hydrogen) atoms. The lowest BCUT2D eigenvalue weighted by atomic mass is 10.2.